The fourth-order valence-electron chi connectivity index (χ4n) is 2.67. The fraction of sp³-hybridized carbons (Fsp3) is 0.588. The Bertz CT molecular complexity index is 644. The van der Waals surface area contributed by atoms with Crippen LogP contribution < -0.4 is 10.2 Å². The zero-order chi connectivity index (χ0) is 17.0. The van der Waals surface area contributed by atoms with E-state index in [-0.39, 0.29) is 11.7 Å². The number of amides is 1. The molecular weight excluding hydrogens is 290 g/mol. The van der Waals surface area contributed by atoms with Crippen LogP contribution in [0.1, 0.15) is 35.2 Å². The molecular formula is C17H25N5O. The lowest BCUT2D eigenvalue weighted by Crippen LogP contribution is -2.33. The van der Waals surface area contributed by atoms with E-state index in [4.69, 9.17) is 0 Å². The molecule has 0 spiro atoms. The molecule has 1 atom stereocenters. The first-order valence-electron chi connectivity index (χ1n) is 7.88. The van der Waals surface area contributed by atoms with E-state index in [1.54, 1.807) is 6.92 Å². The average Bonchev–Trinajstić information content (AvgIpc) is 3.00. The predicted molar refractivity (Wildman–Crippen MR) is 91.6 cm³/mol. The van der Waals surface area contributed by atoms with Crippen LogP contribution in [0.15, 0.2) is 0 Å². The molecule has 1 amide bonds. The predicted octanol–water partition coefficient (Wildman–Crippen LogP) is 0.987. The van der Waals surface area contributed by atoms with E-state index in [2.05, 4.69) is 51.0 Å². The minimum Gasteiger partial charge on any atom is -0.355 e. The Morgan fingerprint density at radius 1 is 1.39 bits per heavy atom. The molecule has 0 radical (unpaired) electrons. The number of carbonyl (C=O) groups excluding carboxylic acids is 1. The molecule has 0 unspecified atom stereocenters. The molecule has 1 fully saturated rings. The monoisotopic (exact) mass is 315 g/mol. The molecule has 124 valence electrons. The van der Waals surface area contributed by atoms with Crippen LogP contribution in [0.3, 0.4) is 0 Å². The third-order valence-electron chi connectivity index (χ3n) is 4.27. The summed E-state index contributed by atoms with van der Waals surface area (Å²) >= 11 is 0. The van der Waals surface area contributed by atoms with Gasteiger partial charge in [-0.05, 0) is 41.3 Å². The zero-order valence-electron chi connectivity index (χ0n) is 14.6. The SMILES string of the molecule is CC#CCNC(=O)c1nc(C)c(C)c(N2CC[C@@H](N(C)C)C2)n1. The van der Waals surface area contributed by atoms with Gasteiger partial charge in [-0.15, -0.1) is 5.92 Å². The number of likely N-dealkylation sites (N-methyl/N-ethyl adjacent to an activating group) is 1. The third-order valence-corrected chi connectivity index (χ3v) is 4.27. The molecule has 0 bridgehead atoms. The van der Waals surface area contributed by atoms with Crippen molar-refractivity contribution in [2.45, 2.75) is 33.2 Å². The highest BCUT2D eigenvalue weighted by Crippen LogP contribution is 2.25. The second-order valence-electron chi connectivity index (χ2n) is 6.04. The summed E-state index contributed by atoms with van der Waals surface area (Å²) in [4.78, 5) is 25.5. The van der Waals surface area contributed by atoms with E-state index < -0.39 is 0 Å². The van der Waals surface area contributed by atoms with Gasteiger partial charge in [0.15, 0.2) is 0 Å². The van der Waals surface area contributed by atoms with Crippen molar-refractivity contribution in [3.63, 3.8) is 0 Å². The van der Waals surface area contributed by atoms with Crippen LogP contribution in [-0.4, -0.2) is 60.5 Å². The Hall–Kier alpha value is -2.13. The summed E-state index contributed by atoms with van der Waals surface area (Å²) in [7, 11) is 4.19. The van der Waals surface area contributed by atoms with Gasteiger partial charge < -0.3 is 15.1 Å². The molecule has 1 N–H and O–H groups in total. The van der Waals surface area contributed by atoms with Gasteiger partial charge in [0.1, 0.15) is 5.82 Å². The van der Waals surface area contributed by atoms with E-state index in [9.17, 15) is 4.79 Å². The van der Waals surface area contributed by atoms with Gasteiger partial charge in [0, 0.05) is 30.4 Å². The van der Waals surface area contributed by atoms with Gasteiger partial charge in [-0.3, -0.25) is 4.79 Å². The second kappa shape index (κ2) is 7.42. The summed E-state index contributed by atoms with van der Waals surface area (Å²) in [5, 5.41) is 2.73. The molecule has 1 saturated heterocycles. The minimum atomic E-state index is -0.277. The molecule has 0 aliphatic carbocycles. The standard InChI is InChI=1S/C17H25N5O/c1-6-7-9-18-17(23)15-19-13(3)12(2)16(20-15)22-10-8-14(11-22)21(4)5/h14H,8-11H2,1-5H3,(H,18,23)/t14-/m1/s1. The average molecular weight is 315 g/mol. The summed E-state index contributed by atoms with van der Waals surface area (Å²) < 4.78 is 0. The number of hydrogen-bond acceptors (Lipinski definition) is 5. The smallest absolute Gasteiger partial charge is 0.289 e. The van der Waals surface area contributed by atoms with E-state index >= 15 is 0 Å². The lowest BCUT2D eigenvalue weighted by Gasteiger charge is -2.23. The fourth-order valence-corrected chi connectivity index (χ4v) is 2.67. The molecule has 1 aromatic rings. The lowest BCUT2D eigenvalue weighted by atomic mass is 10.2. The van der Waals surface area contributed by atoms with Gasteiger partial charge in [0.2, 0.25) is 5.82 Å². The van der Waals surface area contributed by atoms with Gasteiger partial charge in [-0.2, -0.15) is 0 Å². The van der Waals surface area contributed by atoms with Crippen molar-refractivity contribution in [3.05, 3.63) is 17.1 Å². The lowest BCUT2D eigenvalue weighted by molar-refractivity contribution is 0.0948. The summed E-state index contributed by atoms with van der Waals surface area (Å²) in [6.45, 7) is 7.86. The van der Waals surface area contributed by atoms with Crippen LogP contribution in [0.4, 0.5) is 5.82 Å². The van der Waals surface area contributed by atoms with Gasteiger partial charge in [0.25, 0.3) is 5.91 Å². The van der Waals surface area contributed by atoms with E-state index in [0.717, 1.165) is 36.6 Å². The Kier molecular flexibility index (Phi) is 5.56. The van der Waals surface area contributed by atoms with Crippen LogP contribution in [0.25, 0.3) is 0 Å². The molecule has 2 rings (SSSR count). The molecule has 1 aliphatic heterocycles. The minimum absolute atomic E-state index is 0.217. The highest BCUT2D eigenvalue weighted by atomic mass is 16.2. The van der Waals surface area contributed by atoms with Crippen LogP contribution in [0.2, 0.25) is 0 Å². The molecule has 2 heterocycles. The third kappa shape index (κ3) is 3.99. The first-order chi connectivity index (χ1) is 10.9. The molecule has 0 aromatic carbocycles. The topological polar surface area (TPSA) is 61.4 Å². The first-order valence-corrected chi connectivity index (χ1v) is 7.88. The highest BCUT2D eigenvalue weighted by molar-refractivity contribution is 5.91. The summed E-state index contributed by atoms with van der Waals surface area (Å²) in [6.07, 6.45) is 1.10. The Morgan fingerprint density at radius 3 is 2.74 bits per heavy atom. The van der Waals surface area contributed by atoms with E-state index in [1.165, 1.54) is 0 Å². The van der Waals surface area contributed by atoms with Crippen LogP contribution in [-0.2, 0) is 0 Å². The zero-order valence-corrected chi connectivity index (χ0v) is 14.6. The molecule has 6 nitrogen and oxygen atoms in total. The van der Waals surface area contributed by atoms with Crippen LogP contribution >= 0.6 is 0 Å². The number of nitrogens with zero attached hydrogens (tertiary/aromatic N) is 4. The molecule has 23 heavy (non-hydrogen) atoms. The second-order valence-corrected chi connectivity index (χ2v) is 6.04. The molecule has 1 aliphatic rings. The van der Waals surface area contributed by atoms with Crippen molar-refractivity contribution in [2.24, 2.45) is 0 Å². The summed E-state index contributed by atoms with van der Waals surface area (Å²) in [5.74, 6) is 6.37. The number of aromatic nitrogens is 2. The highest BCUT2D eigenvalue weighted by Gasteiger charge is 2.27. The summed E-state index contributed by atoms with van der Waals surface area (Å²) in [5.41, 5.74) is 1.88. The maximum absolute atomic E-state index is 12.2. The molecule has 1 aromatic heterocycles. The Balaban J connectivity index is 2.22. The maximum Gasteiger partial charge on any atom is 0.289 e. The quantitative estimate of drug-likeness (QED) is 0.840. The largest absolute Gasteiger partial charge is 0.355 e. The van der Waals surface area contributed by atoms with Crippen molar-refractivity contribution in [1.82, 2.24) is 20.2 Å². The number of rotatable bonds is 4. The summed E-state index contributed by atoms with van der Waals surface area (Å²) in [6, 6.07) is 0.516. The number of nitrogens with one attached hydrogen (secondary N) is 1. The van der Waals surface area contributed by atoms with Crippen molar-refractivity contribution in [3.8, 4) is 11.8 Å². The number of aryl methyl sites for hydroxylation is 1. The van der Waals surface area contributed by atoms with Gasteiger partial charge >= 0.3 is 0 Å². The normalized spacial score (nSPS) is 17.1. The van der Waals surface area contributed by atoms with Crippen molar-refractivity contribution >= 4 is 11.7 Å². The van der Waals surface area contributed by atoms with E-state index in [0.29, 0.717) is 12.6 Å². The molecule has 6 heteroatoms. The number of anilines is 1. The van der Waals surface area contributed by atoms with E-state index in [1.807, 2.05) is 13.8 Å². The van der Waals surface area contributed by atoms with Crippen LogP contribution in [0.5, 0.6) is 0 Å². The van der Waals surface area contributed by atoms with Crippen LogP contribution in [0, 0.1) is 25.7 Å². The van der Waals surface area contributed by atoms with Gasteiger partial charge in [-0.1, -0.05) is 5.92 Å². The molecule has 0 saturated carbocycles. The Morgan fingerprint density at radius 2 is 2.13 bits per heavy atom. The Labute approximate surface area is 138 Å². The van der Waals surface area contributed by atoms with Crippen molar-refractivity contribution < 1.29 is 4.79 Å². The number of hydrogen-bond donors (Lipinski definition) is 1. The first kappa shape index (κ1) is 17.2. The van der Waals surface area contributed by atoms with Gasteiger partial charge in [-0.25, -0.2) is 9.97 Å². The maximum atomic E-state index is 12.2. The number of carbonyl (C=O) groups is 1. The van der Waals surface area contributed by atoms with Crippen molar-refractivity contribution in [1.29, 1.82) is 0 Å². The van der Waals surface area contributed by atoms with Gasteiger partial charge in [0.05, 0.1) is 6.54 Å². The van der Waals surface area contributed by atoms with Crippen molar-refractivity contribution in [2.75, 3.05) is 38.6 Å².